The van der Waals surface area contributed by atoms with Crippen molar-refractivity contribution in [2.75, 3.05) is 44.2 Å². The number of thioether (sulfide) groups is 1. The Morgan fingerprint density at radius 2 is 1.14 bits per heavy atom. The topological polar surface area (TPSA) is 386 Å². The van der Waals surface area contributed by atoms with E-state index in [1.807, 2.05) is 0 Å². The van der Waals surface area contributed by atoms with Gasteiger partial charge >= 0.3 is 0 Å². The maximum atomic E-state index is 12.7. The lowest BCUT2D eigenvalue weighted by Gasteiger charge is -2.47. The maximum absolute atomic E-state index is 12.7. The summed E-state index contributed by atoms with van der Waals surface area (Å²) in [7, 11) is 0. The Morgan fingerprint density at radius 3 is 1.79 bits per heavy atom. The number of nitrogens with two attached hydrogens (primary N) is 6. The Morgan fingerprint density at radius 1 is 0.592 bits per heavy atom. The van der Waals surface area contributed by atoms with E-state index < -0.39 is 116 Å². The normalized spacial score (nSPS) is 35.0. The fourth-order valence-electron chi connectivity index (χ4n) is 10.8. The lowest BCUT2D eigenvalue weighted by atomic mass is 9.84. The average molecular weight is 1100 g/mol. The van der Waals surface area contributed by atoms with Gasteiger partial charge < -0.3 is 109 Å². The molecular formula is C52H79N9O13S2. The number of hydrogen-bond acceptors (Lipinski definition) is 21. The van der Waals surface area contributed by atoms with E-state index in [1.165, 1.54) is 49.6 Å². The quantitative estimate of drug-likeness (QED) is 0.0203. The monoisotopic (exact) mass is 1100 g/mol. The third-order valence-corrected chi connectivity index (χ3v) is 16.5. The molecule has 76 heavy (non-hydrogen) atoms. The number of carbonyl (C=O) groups is 1. The standard InChI is InChI=1S/C52H79N9O13S2/c53-22-32-41(64)43(66)38(57)49(69-32)72-46-31(56)21-30(55)40(63)48(46)74-51-45(68)47(73-50-39(58)44(67)42(65)33(23-54)70-50)34(71-51)24-76-20-19-61-52(75)60-18-4-2-1-3-17-59-35(62)10-6-7-25-11-12-28-14-13-26-8-5-9-27-15-16-29(25)37(28)36(26)27/h5,8-9,11-16,30-34,38-51,63-68H,1-4,6-7,10,17-24,53-58H2,(H,59,62)(H2,60,61,75)/t30-,31+,32-,33+,34-,38-,39-,40+,41-,42-,43-,44-,45-,46-,47-,48-,49-,50-,51+/m1/s1. The highest BCUT2D eigenvalue weighted by atomic mass is 32.2. The number of aryl methyl sites for hydroxylation is 1. The number of rotatable bonds is 24. The van der Waals surface area contributed by atoms with E-state index in [-0.39, 0.29) is 31.2 Å². The highest BCUT2D eigenvalue weighted by molar-refractivity contribution is 7.99. The van der Waals surface area contributed by atoms with E-state index in [0.29, 0.717) is 36.9 Å². The number of nitrogens with one attached hydrogen (secondary N) is 3. The van der Waals surface area contributed by atoms with Crippen molar-refractivity contribution in [3.8, 4) is 0 Å². The molecule has 0 radical (unpaired) electrons. The van der Waals surface area contributed by atoms with Crippen molar-refractivity contribution < 1.29 is 63.9 Å². The van der Waals surface area contributed by atoms with Crippen LogP contribution in [0.3, 0.4) is 0 Å². The van der Waals surface area contributed by atoms with Crippen LogP contribution in [0.15, 0.2) is 54.6 Å². The molecule has 0 spiro atoms. The van der Waals surface area contributed by atoms with Crippen LogP contribution in [0.5, 0.6) is 0 Å². The number of ether oxygens (including phenoxy) is 6. The van der Waals surface area contributed by atoms with Crippen molar-refractivity contribution in [1.29, 1.82) is 0 Å². The molecule has 22 nitrogen and oxygen atoms in total. The van der Waals surface area contributed by atoms with Gasteiger partial charge in [0, 0.05) is 62.7 Å². The van der Waals surface area contributed by atoms with E-state index in [2.05, 4.69) is 70.5 Å². The molecule has 3 saturated heterocycles. The minimum Gasteiger partial charge on any atom is -0.389 e. The van der Waals surface area contributed by atoms with Crippen LogP contribution in [0.2, 0.25) is 0 Å². The number of unbranched alkanes of at least 4 members (excludes halogenated alkanes) is 3. The minimum atomic E-state index is -1.54. The Kier molecular flexibility index (Phi) is 21.1. The number of amides is 1. The molecule has 3 heterocycles. The number of aliphatic hydroxyl groups is 6. The third-order valence-electron chi connectivity index (χ3n) is 15.2. The Balaban J connectivity index is 0.751. The summed E-state index contributed by atoms with van der Waals surface area (Å²) in [5.74, 6) is 0.874. The Labute approximate surface area is 451 Å². The van der Waals surface area contributed by atoms with Crippen molar-refractivity contribution in [3.05, 3.63) is 60.2 Å². The van der Waals surface area contributed by atoms with Gasteiger partial charge in [-0.15, -0.1) is 0 Å². The van der Waals surface area contributed by atoms with E-state index in [9.17, 15) is 35.4 Å². The zero-order valence-electron chi connectivity index (χ0n) is 42.6. The highest BCUT2D eigenvalue weighted by Crippen LogP contribution is 2.38. The molecule has 8 rings (SSSR count). The maximum Gasteiger partial charge on any atom is 0.220 e. The molecule has 1 amide bonds. The predicted octanol–water partition coefficient (Wildman–Crippen LogP) is -2.09. The van der Waals surface area contributed by atoms with Gasteiger partial charge in [-0.05, 0) is 82.2 Å². The first-order valence-electron chi connectivity index (χ1n) is 26.5. The highest BCUT2D eigenvalue weighted by Gasteiger charge is 2.54. The zero-order chi connectivity index (χ0) is 54.2. The van der Waals surface area contributed by atoms with Gasteiger partial charge in [0.2, 0.25) is 5.91 Å². The molecule has 19 atom stereocenters. The molecule has 4 aromatic carbocycles. The van der Waals surface area contributed by atoms with E-state index in [1.54, 1.807) is 0 Å². The number of thiocarbonyl (C=S) groups is 1. The number of benzene rings is 4. The van der Waals surface area contributed by atoms with Crippen molar-refractivity contribution in [1.82, 2.24) is 16.0 Å². The summed E-state index contributed by atoms with van der Waals surface area (Å²) in [6.07, 6.45) is -13.4. The smallest absolute Gasteiger partial charge is 0.220 e. The first-order valence-corrected chi connectivity index (χ1v) is 28.1. The number of aliphatic hydroxyl groups excluding tert-OH is 6. The molecule has 4 aromatic rings. The van der Waals surface area contributed by atoms with Crippen LogP contribution in [0.1, 0.15) is 50.5 Å². The van der Waals surface area contributed by atoms with Crippen LogP contribution >= 0.6 is 24.0 Å². The van der Waals surface area contributed by atoms with Crippen LogP contribution in [0.4, 0.5) is 0 Å². The van der Waals surface area contributed by atoms with Gasteiger partial charge in [0.1, 0.15) is 61.0 Å². The minimum absolute atomic E-state index is 0.0765. The second-order valence-electron chi connectivity index (χ2n) is 20.5. The summed E-state index contributed by atoms with van der Waals surface area (Å²) >= 11 is 6.98. The molecule has 4 aliphatic rings. The Bertz CT molecular complexity index is 2480. The second-order valence-corrected chi connectivity index (χ2v) is 22.1. The van der Waals surface area contributed by atoms with Gasteiger partial charge in [-0.2, -0.15) is 11.8 Å². The lowest BCUT2D eigenvalue weighted by Crippen LogP contribution is -2.68. The van der Waals surface area contributed by atoms with E-state index >= 15 is 0 Å². The number of carbonyl (C=O) groups excluding carboxylic acids is 1. The molecule has 24 heteroatoms. The predicted molar refractivity (Wildman–Crippen MR) is 292 cm³/mol. The third kappa shape index (κ3) is 13.6. The van der Waals surface area contributed by atoms with Gasteiger partial charge in [0.05, 0.1) is 24.3 Å². The van der Waals surface area contributed by atoms with Crippen LogP contribution in [0.25, 0.3) is 32.3 Å². The summed E-state index contributed by atoms with van der Waals surface area (Å²) in [5.41, 5.74) is 38.1. The molecule has 21 N–H and O–H groups in total. The summed E-state index contributed by atoms with van der Waals surface area (Å²) in [5, 5.41) is 83.1. The lowest BCUT2D eigenvalue weighted by molar-refractivity contribution is -0.306. The van der Waals surface area contributed by atoms with Crippen molar-refractivity contribution >= 4 is 67.3 Å². The molecule has 4 fully saturated rings. The van der Waals surface area contributed by atoms with Crippen LogP contribution < -0.4 is 50.4 Å². The molecule has 422 valence electrons. The first-order chi connectivity index (χ1) is 36.6. The van der Waals surface area contributed by atoms with E-state index in [0.717, 1.165) is 38.5 Å². The van der Waals surface area contributed by atoms with Gasteiger partial charge in [0.15, 0.2) is 24.0 Å². The molecule has 1 aliphatic carbocycles. The summed E-state index contributed by atoms with van der Waals surface area (Å²) in [6.45, 7) is 1.49. The fraction of sp³-hybridized carbons (Fsp3) is 0.654. The second kappa shape index (κ2) is 27.2. The molecule has 0 bridgehead atoms. The van der Waals surface area contributed by atoms with Crippen LogP contribution in [-0.2, 0) is 39.6 Å². The largest absolute Gasteiger partial charge is 0.389 e. The molecule has 0 unspecified atom stereocenters. The molecular weight excluding hydrogens is 1020 g/mol. The van der Waals surface area contributed by atoms with Crippen molar-refractivity contribution in [2.24, 2.45) is 34.4 Å². The average Bonchev–Trinajstić information content (AvgIpc) is 3.76. The van der Waals surface area contributed by atoms with Gasteiger partial charge in [-0.25, -0.2) is 0 Å². The molecule has 3 aliphatic heterocycles. The summed E-state index contributed by atoms with van der Waals surface area (Å²) in [4.78, 5) is 12.7. The first kappa shape index (κ1) is 58.8. The van der Waals surface area contributed by atoms with Gasteiger partial charge in [-0.1, -0.05) is 67.4 Å². The van der Waals surface area contributed by atoms with Crippen molar-refractivity contribution in [2.45, 2.75) is 168 Å². The van der Waals surface area contributed by atoms with Crippen LogP contribution in [-0.4, -0.2) is 202 Å². The van der Waals surface area contributed by atoms with E-state index in [4.69, 9.17) is 75.0 Å². The number of hydrogen-bond donors (Lipinski definition) is 15. The summed E-state index contributed by atoms with van der Waals surface area (Å²) in [6, 6.07) is 15.4. The van der Waals surface area contributed by atoms with Gasteiger partial charge in [-0.3, -0.25) is 4.79 Å². The summed E-state index contributed by atoms with van der Waals surface area (Å²) < 4.78 is 36.6. The zero-order valence-corrected chi connectivity index (χ0v) is 44.2. The van der Waals surface area contributed by atoms with Gasteiger partial charge in [0.25, 0.3) is 0 Å². The molecule has 0 aromatic heterocycles. The van der Waals surface area contributed by atoms with Crippen LogP contribution in [0, 0.1) is 0 Å². The SMILES string of the molecule is NC[C@@H]1O[C@H](O[C@H]2[C@@H](O)[C@H](O[C@@H]3[C@@H](O)[C@H](N)C[C@H](N)[C@H]3O[C@H]3O[C@H](CN)[C@@H](O)[C@H](O)[C@H]3N)O[C@@H]2CSCCNC(=S)NCCCCCCNC(=O)CCCc2ccc3ccc4cccc5ccc2c3c45)[C@H](N)[C@@H](O)[C@@H]1O. The fourth-order valence-corrected chi connectivity index (χ4v) is 11.9. The van der Waals surface area contributed by atoms with Crippen molar-refractivity contribution in [3.63, 3.8) is 0 Å². The Hall–Kier alpha value is -3.29. The molecule has 1 saturated carbocycles.